The second kappa shape index (κ2) is 4.81. The van der Waals surface area contributed by atoms with E-state index in [0.717, 1.165) is 0 Å². The molecule has 0 fully saturated rings. The molecule has 0 N–H and O–H groups in total. The number of benzene rings is 1. The van der Waals surface area contributed by atoms with Gasteiger partial charge in [0, 0.05) is 11.1 Å². The van der Waals surface area contributed by atoms with Crippen molar-refractivity contribution in [1.82, 2.24) is 0 Å². The Morgan fingerprint density at radius 2 is 2.00 bits per heavy atom. The lowest BCUT2D eigenvalue weighted by Gasteiger charge is -2.34. The molecule has 0 aromatic heterocycles. The average molecular weight is 278 g/mol. The molecule has 0 spiro atoms. The van der Waals surface area contributed by atoms with Gasteiger partial charge in [-0.2, -0.15) is 0 Å². The number of rotatable bonds is 2. The highest BCUT2D eigenvalue weighted by Gasteiger charge is 2.51. The summed E-state index contributed by atoms with van der Waals surface area (Å²) in [6.45, 7) is 4.69. The third kappa shape index (κ3) is 1.94. The summed E-state index contributed by atoms with van der Waals surface area (Å²) < 4.78 is 18.8. The van der Waals surface area contributed by atoms with Gasteiger partial charge in [0.1, 0.15) is 5.82 Å². The van der Waals surface area contributed by atoms with Crippen LogP contribution < -0.4 is 0 Å². The number of hydrogen-bond donors (Lipinski definition) is 0. The normalized spacial score (nSPS) is 20.5. The Hall–Kier alpha value is -2.04. The molecule has 20 heavy (non-hydrogen) atoms. The number of ketones is 2. The third-order valence-electron chi connectivity index (χ3n) is 3.57. The molecule has 2 rings (SSSR count). The van der Waals surface area contributed by atoms with Crippen LogP contribution in [0.2, 0.25) is 0 Å². The van der Waals surface area contributed by atoms with Crippen LogP contribution in [0.4, 0.5) is 4.39 Å². The van der Waals surface area contributed by atoms with Crippen molar-refractivity contribution in [2.45, 2.75) is 26.2 Å². The van der Waals surface area contributed by atoms with Gasteiger partial charge in [0.05, 0.1) is 12.0 Å². The standard InChI is InChI=1S/C15H15FO4/c1-4-20-14(19)10-12(17)8-6-5-7-9(16)11(8)15(2,3)13(10)18/h5-7,10H,4H2,1-3H3. The molecule has 1 unspecified atom stereocenters. The van der Waals surface area contributed by atoms with E-state index >= 15 is 0 Å². The SMILES string of the molecule is CCOC(=O)C1C(=O)c2cccc(F)c2C(C)(C)C1=O. The monoisotopic (exact) mass is 278 g/mol. The Bertz CT molecular complexity index is 604. The molecule has 1 aromatic rings. The smallest absolute Gasteiger partial charge is 0.324 e. The quantitative estimate of drug-likeness (QED) is 0.613. The number of fused-ring (bicyclic) bond motifs is 1. The second-order valence-electron chi connectivity index (χ2n) is 5.20. The molecule has 0 saturated carbocycles. The predicted molar refractivity (Wildman–Crippen MR) is 68.9 cm³/mol. The van der Waals surface area contributed by atoms with Gasteiger partial charge in [0.25, 0.3) is 0 Å². The van der Waals surface area contributed by atoms with Crippen molar-refractivity contribution in [2.24, 2.45) is 5.92 Å². The van der Waals surface area contributed by atoms with Crippen LogP contribution in [0.5, 0.6) is 0 Å². The van der Waals surface area contributed by atoms with E-state index < -0.39 is 34.7 Å². The fourth-order valence-corrected chi connectivity index (χ4v) is 2.56. The summed E-state index contributed by atoms with van der Waals surface area (Å²) in [5.74, 6) is -4.30. The highest BCUT2D eigenvalue weighted by atomic mass is 19.1. The van der Waals surface area contributed by atoms with Crippen molar-refractivity contribution in [1.29, 1.82) is 0 Å². The van der Waals surface area contributed by atoms with E-state index in [4.69, 9.17) is 4.74 Å². The summed E-state index contributed by atoms with van der Waals surface area (Å²) in [7, 11) is 0. The van der Waals surface area contributed by atoms with Gasteiger partial charge in [-0.05, 0) is 26.8 Å². The summed E-state index contributed by atoms with van der Waals surface area (Å²) in [5, 5.41) is 0. The molecule has 0 radical (unpaired) electrons. The largest absolute Gasteiger partial charge is 0.465 e. The van der Waals surface area contributed by atoms with Crippen LogP contribution in [0.1, 0.15) is 36.7 Å². The molecule has 0 heterocycles. The zero-order chi connectivity index (χ0) is 15.1. The van der Waals surface area contributed by atoms with Crippen molar-refractivity contribution in [3.8, 4) is 0 Å². The van der Waals surface area contributed by atoms with Gasteiger partial charge in [-0.1, -0.05) is 12.1 Å². The van der Waals surface area contributed by atoms with E-state index in [-0.39, 0.29) is 17.7 Å². The van der Waals surface area contributed by atoms with Gasteiger partial charge in [-0.25, -0.2) is 4.39 Å². The first kappa shape index (κ1) is 14.4. The first-order valence-corrected chi connectivity index (χ1v) is 6.36. The number of hydrogen-bond acceptors (Lipinski definition) is 4. The van der Waals surface area contributed by atoms with Gasteiger partial charge >= 0.3 is 5.97 Å². The molecule has 0 bridgehead atoms. The Balaban J connectivity index is 2.63. The van der Waals surface area contributed by atoms with Gasteiger partial charge in [0.2, 0.25) is 0 Å². The maximum atomic E-state index is 14.0. The molecule has 0 aliphatic heterocycles. The van der Waals surface area contributed by atoms with Crippen LogP contribution in [0.15, 0.2) is 18.2 Å². The molecule has 1 aliphatic rings. The van der Waals surface area contributed by atoms with E-state index in [1.807, 2.05) is 0 Å². The van der Waals surface area contributed by atoms with Gasteiger partial charge in [-0.3, -0.25) is 14.4 Å². The fraction of sp³-hybridized carbons (Fsp3) is 0.400. The lowest BCUT2D eigenvalue weighted by Crippen LogP contribution is -2.48. The van der Waals surface area contributed by atoms with Crippen LogP contribution in [-0.4, -0.2) is 24.1 Å². The molecular weight excluding hydrogens is 263 g/mol. The maximum absolute atomic E-state index is 14.0. The first-order chi connectivity index (χ1) is 9.32. The topological polar surface area (TPSA) is 60.4 Å². The highest BCUT2D eigenvalue weighted by molar-refractivity contribution is 6.27. The summed E-state index contributed by atoms with van der Waals surface area (Å²) in [5.41, 5.74) is -1.12. The van der Waals surface area contributed by atoms with Crippen molar-refractivity contribution in [3.63, 3.8) is 0 Å². The van der Waals surface area contributed by atoms with Gasteiger partial charge < -0.3 is 4.74 Å². The van der Waals surface area contributed by atoms with Gasteiger partial charge in [0.15, 0.2) is 17.5 Å². The Labute approximate surface area is 115 Å². The third-order valence-corrected chi connectivity index (χ3v) is 3.57. The van der Waals surface area contributed by atoms with Crippen molar-refractivity contribution in [3.05, 3.63) is 35.1 Å². The molecule has 5 heteroatoms. The molecule has 0 amide bonds. The van der Waals surface area contributed by atoms with Crippen LogP contribution in [0.3, 0.4) is 0 Å². The van der Waals surface area contributed by atoms with Crippen molar-refractivity contribution >= 4 is 17.5 Å². The zero-order valence-electron chi connectivity index (χ0n) is 11.5. The van der Waals surface area contributed by atoms with E-state index in [2.05, 4.69) is 0 Å². The lowest BCUT2D eigenvalue weighted by molar-refractivity contribution is -0.150. The molecule has 1 aromatic carbocycles. The molecule has 1 aliphatic carbocycles. The number of carbonyl (C=O) groups is 3. The molecule has 106 valence electrons. The zero-order valence-corrected chi connectivity index (χ0v) is 11.5. The van der Waals surface area contributed by atoms with E-state index in [1.165, 1.54) is 32.0 Å². The Kier molecular flexibility index (Phi) is 3.46. The Morgan fingerprint density at radius 1 is 1.35 bits per heavy atom. The second-order valence-corrected chi connectivity index (χ2v) is 5.20. The molecule has 0 saturated heterocycles. The number of esters is 1. The summed E-state index contributed by atoms with van der Waals surface area (Å²) in [4.78, 5) is 36.5. The van der Waals surface area contributed by atoms with E-state index in [9.17, 15) is 18.8 Å². The van der Waals surface area contributed by atoms with Crippen LogP contribution in [0, 0.1) is 11.7 Å². The average Bonchev–Trinajstić information content (AvgIpc) is 2.37. The summed E-state index contributed by atoms with van der Waals surface area (Å²) in [6.07, 6.45) is 0. The fourth-order valence-electron chi connectivity index (χ4n) is 2.56. The van der Waals surface area contributed by atoms with E-state index in [1.54, 1.807) is 6.92 Å². The first-order valence-electron chi connectivity index (χ1n) is 6.36. The summed E-state index contributed by atoms with van der Waals surface area (Å²) in [6, 6.07) is 4.02. The minimum atomic E-state index is -1.50. The summed E-state index contributed by atoms with van der Waals surface area (Å²) >= 11 is 0. The molecule has 1 atom stereocenters. The maximum Gasteiger partial charge on any atom is 0.324 e. The van der Waals surface area contributed by atoms with Crippen LogP contribution in [-0.2, 0) is 19.7 Å². The number of halogens is 1. The number of ether oxygens (including phenoxy) is 1. The van der Waals surface area contributed by atoms with Crippen LogP contribution >= 0.6 is 0 Å². The van der Waals surface area contributed by atoms with Crippen molar-refractivity contribution in [2.75, 3.05) is 6.61 Å². The number of carbonyl (C=O) groups excluding carboxylic acids is 3. The lowest BCUT2D eigenvalue weighted by atomic mass is 9.66. The number of Topliss-reactive ketones (excluding diaryl/α,β-unsaturated/α-hetero) is 2. The van der Waals surface area contributed by atoms with Crippen LogP contribution in [0.25, 0.3) is 0 Å². The molecule has 4 nitrogen and oxygen atoms in total. The minimum Gasteiger partial charge on any atom is -0.465 e. The predicted octanol–water partition coefficient (Wildman–Crippen LogP) is 2.05. The Morgan fingerprint density at radius 3 is 2.60 bits per heavy atom. The highest BCUT2D eigenvalue weighted by Crippen LogP contribution is 2.38. The van der Waals surface area contributed by atoms with Crippen molar-refractivity contribution < 1.29 is 23.5 Å². The van der Waals surface area contributed by atoms with Gasteiger partial charge in [-0.15, -0.1) is 0 Å². The molecular formula is C15H15FO4. The minimum absolute atomic E-state index is 0.0514. The van der Waals surface area contributed by atoms with E-state index in [0.29, 0.717) is 0 Å².